The van der Waals surface area contributed by atoms with E-state index in [0.717, 1.165) is 0 Å². The Balaban J connectivity index is 2.11. The van der Waals surface area contributed by atoms with Crippen molar-refractivity contribution in [1.82, 2.24) is 4.72 Å². The zero-order valence-corrected chi connectivity index (χ0v) is 17.9. The summed E-state index contributed by atoms with van der Waals surface area (Å²) in [5, 5.41) is 2.59. The van der Waals surface area contributed by atoms with Crippen molar-refractivity contribution in [1.29, 1.82) is 0 Å². The first-order chi connectivity index (χ1) is 14.0. The van der Waals surface area contributed by atoms with Gasteiger partial charge < -0.3 is 10.1 Å². The Bertz CT molecular complexity index is 1050. The topological polar surface area (TPSA) is 119 Å². The summed E-state index contributed by atoms with van der Waals surface area (Å²) in [6, 6.07) is 11.3. The largest absolute Gasteiger partial charge is 0.451 e. The molecule has 1 atom stereocenters. The molecule has 0 saturated heterocycles. The van der Waals surface area contributed by atoms with Crippen molar-refractivity contribution in [3.8, 4) is 0 Å². The molecular formula is C21H24N2O6S. The molecule has 0 spiro atoms. The molecule has 0 saturated carbocycles. The van der Waals surface area contributed by atoms with E-state index in [1.54, 1.807) is 26.0 Å². The lowest BCUT2D eigenvalue weighted by Crippen LogP contribution is -2.30. The monoisotopic (exact) mass is 432 g/mol. The Morgan fingerprint density at radius 1 is 0.933 bits per heavy atom. The van der Waals surface area contributed by atoms with E-state index in [4.69, 9.17) is 4.74 Å². The average molecular weight is 432 g/mol. The Hall–Kier alpha value is -3.04. The van der Waals surface area contributed by atoms with Gasteiger partial charge >= 0.3 is 5.97 Å². The minimum Gasteiger partial charge on any atom is -0.451 e. The molecule has 0 fully saturated rings. The molecule has 30 heavy (non-hydrogen) atoms. The zero-order chi connectivity index (χ0) is 22.5. The molecule has 0 bridgehead atoms. The van der Waals surface area contributed by atoms with E-state index in [0.29, 0.717) is 11.3 Å². The van der Waals surface area contributed by atoms with Crippen LogP contribution in [0.2, 0.25) is 0 Å². The molecule has 0 radical (unpaired) electrons. The molecule has 0 aliphatic carbocycles. The normalized spacial score (nSPS) is 12.3. The number of benzene rings is 2. The zero-order valence-electron chi connectivity index (χ0n) is 17.1. The van der Waals surface area contributed by atoms with Crippen molar-refractivity contribution >= 4 is 33.4 Å². The predicted molar refractivity (Wildman–Crippen MR) is 112 cm³/mol. The maximum absolute atomic E-state index is 12.5. The second-order valence-electron chi connectivity index (χ2n) is 6.97. The molecule has 8 nitrogen and oxygen atoms in total. The highest BCUT2D eigenvalue weighted by Crippen LogP contribution is 2.16. The van der Waals surface area contributed by atoms with Crippen LogP contribution in [-0.2, 0) is 19.6 Å². The van der Waals surface area contributed by atoms with Gasteiger partial charge in [0.2, 0.25) is 21.7 Å². The quantitative estimate of drug-likeness (QED) is 0.489. The number of carbonyl (C=O) groups is 3. The summed E-state index contributed by atoms with van der Waals surface area (Å²) in [6.07, 6.45) is -1.09. The van der Waals surface area contributed by atoms with Gasteiger partial charge in [0.05, 0.1) is 10.5 Å². The molecule has 2 rings (SSSR count). The number of ether oxygens (including phenoxy) is 1. The number of Topliss-reactive ketones (excluding diaryl/α,β-unsaturated/α-hetero) is 1. The molecule has 9 heteroatoms. The molecule has 160 valence electrons. The fourth-order valence-corrected chi connectivity index (χ4v) is 3.90. The van der Waals surface area contributed by atoms with Crippen LogP contribution in [0.3, 0.4) is 0 Å². The number of ketones is 1. The summed E-state index contributed by atoms with van der Waals surface area (Å²) in [7, 11) is -3.77. The van der Waals surface area contributed by atoms with E-state index in [2.05, 4.69) is 10.0 Å². The van der Waals surface area contributed by atoms with E-state index in [-0.39, 0.29) is 22.4 Å². The molecule has 1 amide bonds. The van der Waals surface area contributed by atoms with Gasteiger partial charge in [0, 0.05) is 24.2 Å². The summed E-state index contributed by atoms with van der Waals surface area (Å²) in [5.74, 6) is -1.47. The second-order valence-corrected chi connectivity index (χ2v) is 8.69. The molecule has 0 unspecified atom stereocenters. The summed E-state index contributed by atoms with van der Waals surface area (Å²) in [6.45, 7) is 6.18. The van der Waals surface area contributed by atoms with Gasteiger partial charge in [-0.3, -0.25) is 9.59 Å². The summed E-state index contributed by atoms with van der Waals surface area (Å²) in [5.41, 5.74) is 0.862. The Morgan fingerprint density at radius 2 is 1.57 bits per heavy atom. The van der Waals surface area contributed by atoms with Crippen molar-refractivity contribution in [3.63, 3.8) is 0 Å². The SMILES string of the molecule is CC(=O)Nc1ccc(C(=O)[C@@H](C)OC(=O)c2cccc(S(=O)(=O)NC(C)C)c2)cc1. The minimum atomic E-state index is -3.77. The van der Waals surface area contributed by atoms with Gasteiger partial charge in [-0.1, -0.05) is 6.07 Å². The van der Waals surface area contributed by atoms with Crippen molar-refractivity contribution in [2.24, 2.45) is 0 Å². The minimum absolute atomic E-state index is 0.0160. The Morgan fingerprint density at radius 3 is 2.13 bits per heavy atom. The fraction of sp³-hybridized carbons (Fsp3) is 0.286. The first kappa shape index (κ1) is 23.2. The van der Waals surface area contributed by atoms with Crippen LogP contribution >= 0.6 is 0 Å². The van der Waals surface area contributed by atoms with Gasteiger partial charge in [0.25, 0.3) is 0 Å². The molecule has 0 aromatic heterocycles. The number of hydrogen-bond donors (Lipinski definition) is 2. The van der Waals surface area contributed by atoms with Gasteiger partial charge in [0.1, 0.15) is 0 Å². The number of esters is 1. The lowest BCUT2D eigenvalue weighted by Gasteiger charge is -2.14. The Labute approximate surface area is 175 Å². The maximum atomic E-state index is 12.5. The van der Waals surface area contributed by atoms with Crippen LogP contribution in [-0.4, -0.2) is 38.2 Å². The standard InChI is InChI=1S/C21H24N2O6S/c1-13(2)23-30(27,28)19-7-5-6-17(12-19)21(26)29-14(3)20(25)16-8-10-18(11-9-16)22-15(4)24/h5-14,23H,1-4H3,(H,22,24)/t14-/m1/s1. The third-order valence-corrected chi connectivity index (χ3v) is 5.57. The lowest BCUT2D eigenvalue weighted by atomic mass is 10.1. The maximum Gasteiger partial charge on any atom is 0.338 e. The third kappa shape index (κ3) is 6.23. The van der Waals surface area contributed by atoms with Crippen LogP contribution in [0.15, 0.2) is 53.4 Å². The van der Waals surface area contributed by atoms with Gasteiger partial charge in [-0.05, 0) is 63.2 Å². The number of carbonyl (C=O) groups excluding carboxylic acids is 3. The van der Waals surface area contributed by atoms with Crippen LogP contribution in [0, 0.1) is 0 Å². The molecule has 2 aromatic carbocycles. The first-order valence-corrected chi connectivity index (χ1v) is 10.7. The van der Waals surface area contributed by atoms with Crippen LogP contribution in [0.4, 0.5) is 5.69 Å². The van der Waals surface area contributed by atoms with E-state index in [1.165, 1.54) is 50.2 Å². The smallest absolute Gasteiger partial charge is 0.338 e. The highest BCUT2D eigenvalue weighted by molar-refractivity contribution is 7.89. The highest BCUT2D eigenvalue weighted by atomic mass is 32.2. The van der Waals surface area contributed by atoms with Crippen LogP contribution in [0.1, 0.15) is 48.4 Å². The highest BCUT2D eigenvalue weighted by Gasteiger charge is 2.22. The molecular weight excluding hydrogens is 408 g/mol. The van der Waals surface area contributed by atoms with Gasteiger partial charge in [-0.25, -0.2) is 17.9 Å². The molecule has 2 aromatic rings. The summed E-state index contributed by atoms with van der Waals surface area (Å²) in [4.78, 5) is 35.9. The van der Waals surface area contributed by atoms with Crippen LogP contribution < -0.4 is 10.0 Å². The van der Waals surface area contributed by atoms with E-state index < -0.39 is 27.9 Å². The van der Waals surface area contributed by atoms with Crippen molar-refractivity contribution in [2.75, 3.05) is 5.32 Å². The van der Waals surface area contributed by atoms with Crippen molar-refractivity contribution in [3.05, 3.63) is 59.7 Å². The number of nitrogens with one attached hydrogen (secondary N) is 2. The molecule has 2 N–H and O–H groups in total. The van der Waals surface area contributed by atoms with Gasteiger partial charge in [-0.2, -0.15) is 0 Å². The average Bonchev–Trinajstić information content (AvgIpc) is 2.66. The summed E-state index contributed by atoms with van der Waals surface area (Å²) < 4.78 is 32.2. The number of anilines is 1. The van der Waals surface area contributed by atoms with Crippen LogP contribution in [0.5, 0.6) is 0 Å². The first-order valence-electron chi connectivity index (χ1n) is 9.25. The van der Waals surface area contributed by atoms with Gasteiger partial charge in [0.15, 0.2) is 6.10 Å². The van der Waals surface area contributed by atoms with Gasteiger partial charge in [-0.15, -0.1) is 0 Å². The van der Waals surface area contributed by atoms with Crippen molar-refractivity contribution < 1.29 is 27.5 Å². The third-order valence-electron chi connectivity index (χ3n) is 3.91. The number of hydrogen-bond acceptors (Lipinski definition) is 6. The van der Waals surface area contributed by atoms with E-state index in [9.17, 15) is 22.8 Å². The number of amides is 1. The number of rotatable bonds is 8. The molecule has 0 aliphatic heterocycles. The fourth-order valence-electron chi connectivity index (χ4n) is 2.61. The van der Waals surface area contributed by atoms with Crippen LogP contribution in [0.25, 0.3) is 0 Å². The van der Waals surface area contributed by atoms with Crippen molar-refractivity contribution in [2.45, 2.75) is 44.7 Å². The van der Waals surface area contributed by atoms with E-state index in [1.807, 2.05) is 0 Å². The Kier molecular flexibility index (Phi) is 7.47. The number of sulfonamides is 1. The molecule has 0 heterocycles. The second kappa shape index (κ2) is 9.64. The van der Waals surface area contributed by atoms with E-state index >= 15 is 0 Å². The molecule has 0 aliphatic rings. The summed E-state index contributed by atoms with van der Waals surface area (Å²) >= 11 is 0. The lowest BCUT2D eigenvalue weighted by molar-refractivity contribution is -0.114. The predicted octanol–water partition coefficient (Wildman–Crippen LogP) is 2.76.